The lowest BCUT2D eigenvalue weighted by Crippen LogP contribution is -2.40. The predicted octanol–water partition coefficient (Wildman–Crippen LogP) is 3.04. The summed E-state index contributed by atoms with van der Waals surface area (Å²) in [5.74, 6) is -0.312. The first-order chi connectivity index (χ1) is 13.4. The molecule has 28 heavy (non-hydrogen) atoms. The zero-order valence-corrected chi connectivity index (χ0v) is 16.6. The summed E-state index contributed by atoms with van der Waals surface area (Å²) in [6.45, 7) is 1.88. The number of amides is 1. The fourth-order valence-corrected chi connectivity index (χ4v) is 3.10. The summed E-state index contributed by atoms with van der Waals surface area (Å²) < 4.78 is 10.5. The minimum Gasteiger partial charge on any atom is -0.493 e. The van der Waals surface area contributed by atoms with Crippen LogP contribution < -0.4 is 9.47 Å². The summed E-state index contributed by atoms with van der Waals surface area (Å²) >= 11 is 0. The van der Waals surface area contributed by atoms with Crippen LogP contribution in [0.25, 0.3) is 0 Å². The average molecular weight is 385 g/mol. The summed E-state index contributed by atoms with van der Waals surface area (Å²) in [4.78, 5) is 25.5. The Morgan fingerprint density at radius 1 is 1.00 bits per heavy atom. The van der Waals surface area contributed by atoms with E-state index < -0.39 is 5.97 Å². The average Bonchev–Trinajstić information content (AvgIpc) is 2.70. The van der Waals surface area contributed by atoms with Crippen molar-refractivity contribution in [1.29, 1.82) is 0 Å². The van der Waals surface area contributed by atoms with Gasteiger partial charge < -0.3 is 19.5 Å². The number of ether oxygens (including phenoxy) is 2. The smallest absolute Gasteiger partial charge is 0.323 e. The molecular weight excluding hydrogens is 358 g/mol. The van der Waals surface area contributed by atoms with Crippen LogP contribution in [-0.2, 0) is 22.4 Å². The molecule has 6 heteroatoms. The Balaban J connectivity index is 2.06. The lowest BCUT2D eigenvalue weighted by atomic mass is 9.99. The molecule has 2 rings (SSSR count). The predicted molar refractivity (Wildman–Crippen MR) is 107 cm³/mol. The molecule has 0 saturated heterocycles. The SMILES string of the molecule is COc1ccc(CC(C)C(=O)N(CCc2ccccc2)CC(=O)O)cc1OC. The van der Waals surface area contributed by atoms with E-state index in [2.05, 4.69) is 0 Å². The van der Waals surface area contributed by atoms with E-state index in [-0.39, 0.29) is 18.4 Å². The monoisotopic (exact) mass is 385 g/mol. The Hall–Kier alpha value is -3.02. The van der Waals surface area contributed by atoms with Gasteiger partial charge in [0.05, 0.1) is 14.2 Å². The number of rotatable bonds is 10. The molecule has 0 radical (unpaired) electrons. The highest BCUT2D eigenvalue weighted by molar-refractivity contribution is 5.83. The van der Waals surface area contributed by atoms with Gasteiger partial charge in [0.2, 0.25) is 5.91 Å². The van der Waals surface area contributed by atoms with E-state index in [0.29, 0.717) is 30.9 Å². The van der Waals surface area contributed by atoms with Gasteiger partial charge in [0.15, 0.2) is 11.5 Å². The number of carboxylic acids is 1. The Kier molecular flexibility index (Phi) is 7.87. The van der Waals surface area contributed by atoms with Gasteiger partial charge in [-0.1, -0.05) is 43.3 Å². The zero-order valence-electron chi connectivity index (χ0n) is 16.6. The highest BCUT2D eigenvalue weighted by Gasteiger charge is 2.23. The third-order valence-corrected chi connectivity index (χ3v) is 4.56. The van der Waals surface area contributed by atoms with Gasteiger partial charge in [-0.2, -0.15) is 0 Å². The van der Waals surface area contributed by atoms with Crippen LogP contribution in [-0.4, -0.2) is 49.2 Å². The van der Waals surface area contributed by atoms with Gasteiger partial charge in [0.25, 0.3) is 0 Å². The van der Waals surface area contributed by atoms with Crippen LogP contribution in [0.2, 0.25) is 0 Å². The molecule has 0 aromatic heterocycles. The van der Waals surface area contributed by atoms with Crippen LogP contribution in [0.15, 0.2) is 48.5 Å². The van der Waals surface area contributed by atoms with Crippen molar-refractivity contribution in [2.75, 3.05) is 27.3 Å². The molecule has 1 amide bonds. The Morgan fingerprint density at radius 2 is 1.68 bits per heavy atom. The summed E-state index contributed by atoms with van der Waals surface area (Å²) in [5, 5.41) is 9.20. The normalized spacial score (nSPS) is 11.5. The topological polar surface area (TPSA) is 76.1 Å². The maximum Gasteiger partial charge on any atom is 0.323 e. The number of benzene rings is 2. The van der Waals surface area contributed by atoms with Gasteiger partial charge >= 0.3 is 5.97 Å². The van der Waals surface area contributed by atoms with Gasteiger partial charge in [-0.25, -0.2) is 0 Å². The van der Waals surface area contributed by atoms with E-state index in [1.54, 1.807) is 20.3 Å². The second-order valence-corrected chi connectivity index (χ2v) is 6.68. The van der Waals surface area contributed by atoms with Gasteiger partial charge in [-0.3, -0.25) is 9.59 Å². The van der Waals surface area contributed by atoms with E-state index >= 15 is 0 Å². The molecule has 1 N–H and O–H groups in total. The van der Waals surface area contributed by atoms with Crippen LogP contribution >= 0.6 is 0 Å². The number of carbonyl (C=O) groups is 2. The first kappa shape index (κ1) is 21.3. The third-order valence-electron chi connectivity index (χ3n) is 4.56. The van der Waals surface area contributed by atoms with Crippen molar-refractivity contribution in [3.8, 4) is 11.5 Å². The molecule has 0 fully saturated rings. The molecule has 0 heterocycles. The fraction of sp³-hybridized carbons (Fsp3) is 0.364. The van der Waals surface area contributed by atoms with Crippen LogP contribution in [0, 0.1) is 5.92 Å². The molecule has 2 aromatic carbocycles. The largest absolute Gasteiger partial charge is 0.493 e. The lowest BCUT2D eigenvalue weighted by Gasteiger charge is -2.24. The van der Waals surface area contributed by atoms with Crippen LogP contribution in [0.1, 0.15) is 18.1 Å². The molecule has 0 aliphatic carbocycles. The van der Waals surface area contributed by atoms with Gasteiger partial charge in [0.1, 0.15) is 6.54 Å². The standard InChI is InChI=1S/C22H27NO5/c1-16(13-18-9-10-19(27-2)20(14-18)28-3)22(26)23(15-21(24)25)12-11-17-7-5-4-6-8-17/h4-10,14,16H,11-13,15H2,1-3H3,(H,24,25). The van der Waals surface area contributed by atoms with Crippen molar-refractivity contribution in [2.24, 2.45) is 5.92 Å². The van der Waals surface area contributed by atoms with Gasteiger partial charge in [0, 0.05) is 12.5 Å². The number of carbonyl (C=O) groups excluding carboxylic acids is 1. The Morgan fingerprint density at radius 3 is 2.29 bits per heavy atom. The van der Waals surface area contributed by atoms with E-state index in [1.807, 2.05) is 49.4 Å². The number of methoxy groups -OCH3 is 2. The molecule has 0 bridgehead atoms. The zero-order chi connectivity index (χ0) is 20.5. The van der Waals surface area contributed by atoms with Crippen molar-refractivity contribution < 1.29 is 24.2 Å². The second-order valence-electron chi connectivity index (χ2n) is 6.68. The third kappa shape index (κ3) is 6.01. The van der Waals surface area contributed by atoms with E-state index in [1.165, 1.54) is 4.90 Å². The molecular formula is C22H27NO5. The van der Waals surface area contributed by atoms with Crippen molar-refractivity contribution in [1.82, 2.24) is 4.90 Å². The minimum absolute atomic E-state index is 0.173. The lowest BCUT2D eigenvalue weighted by molar-refractivity contribution is -0.146. The minimum atomic E-state index is -1.01. The van der Waals surface area contributed by atoms with E-state index in [0.717, 1.165) is 11.1 Å². The van der Waals surface area contributed by atoms with Crippen molar-refractivity contribution in [3.63, 3.8) is 0 Å². The van der Waals surface area contributed by atoms with E-state index in [9.17, 15) is 14.7 Å². The van der Waals surface area contributed by atoms with Crippen molar-refractivity contribution >= 4 is 11.9 Å². The molecule has 150 valence electrons. The number of nitrogens with zero attached hydrogens (tertiary/aromatic N) is 1. The van der Waals surface area contributed by atoms with Gasteiger partial charge in [-0.15, -0.1) is 0 Å². The number of hydrogen-bond donors (Lipinski definition) is 1. The molecule has 1 unspecified atom stereocenters. The maximum atomic E-state index is 12.9. The Labute approximate surface area is 165 Å². The number of carboxylic acid groups (broad SMARTS) is 1. The molecule has 0 aliphatic rings. The first-order valence-electron chi connectivity index (χ1n) is 9.20. The summed E-state index contributed by atoms with van der Waals surface area (Å²) in [5.41, 5.74) is 2.00. The summed E-state index contributed by atoms with van der Waals surface area (Å²) in [6.07, 6.45) is 1.10. The maximum absolute atomic E-state index is 12.9. The number of hydrogen-bond acceptors (Lipinski definition) is 4. The summed E-state index contributed by atoms with van der Waals surface area (Å²) in [7, 11) is 3.13. The molecule has 6 nitrogen and oxygen atoms in total. The molecule has 0 spiro atoms. The fourth-order valence-electron chi connectivity index (χ4n) is 3.10. The molecule has 0 saturated carbocycles. The Bertz CT molecular complexity index is 791. The highest BCUT2D eigenvalue weighted by atomic mass is 16.5. The molecule has 0 aliphatic heterocycles. The van der Waals surface area contributed by atoms with Crippen molar-refractivity contribution in [3.05, 3.63) is 59.7 Å². The van der Waals surface area contributed by atoms with Crippen LogP contribution in [0.3, 0.4) is 0 Å². The highest BCUT2D eigenvalue weighted by Crippen LogP contribution is 2.28. The van der Waals surface area contributed by atoms with Crippen molar-refractivity contribution in [2.45, 2.75) is 19.8 Å². The van der Waals surface area contributed by atoms with Crippen LogP contribution in [0.5, 0.6) is 11.5 Å². The van der Waals surface area contributed by atoms with Gasteiger partial charge in [-0.05, 0) is 36.1 Å². The second kappa shape index (κ2) is 10.3. The summed E-state index contributed by atoms with van der Waals surface area (Å²) in [6, 6.07) is 15.2. The number of aliphatic carboxylic acids is 1. The quantitative estimate of drug-likeness (QED) is 0.680. The molecule has 2 aromatic rings. The first-order valence-corrected chi connectivity index (χ1v) is 9.20. The van der Waals surface area contributed by atoms with E-state index in [4.69, 9.17) is 9.47 Å². The molecule has 1 atom stereocenters. The van der Waals surface area contributed by atoms with Crippen LogP contribution in [0.4, 0.5) is 0 Å².